The molecule has 0 amide bonds. The molecule has 0 unspecified atom stereocenters. The van der Waals surface area contributed by atoms with Gasteiger partial charge in [0, 0.05) is 18.8 Å². The Morgan fingerprint density at radius 1 is 1.54 bits per heavy atom. The molecule has 0 saturated heterocycles. The molecule has 1 aromatic rings. The molecule has 0 aromatic carbocycles. The Balaban J connectivity index is 1.97. The van der Waals surface area contributed by atoms with Gasteiger partial charge in [-0.15, -0.1) is 0 Å². The lowest BCUT2D eigenvalue weighted by molar-refractivity contribution is 0.347. The molecule has 1 heterocycles. The Labute approximate surface area is 76.6 Å². The highest BCUT2D eigenvalue weighted by Crippen LogP contribution is 2.34. The highest BCUT2D eigenvalue weighted by atomic mass is 16.5. The summed E-state index contributed by atoms with van der Waals surface area (Å²) in [4.78, 5) is 4.24. The SMILES string of the molecule is N#CCCc1nc(C2CCC2)no1. The zero-order valence-corrected chi connectivity index (χ0v) is 7.36. The molecule has 1 saturated carbocycles. The predicted octanol–water partition coefficient (Wildman–Crippen LogP) is 1.79. The van der Waals surface area contributed by atoms with Crippen LogP contribution in [-0.4, -0.2) is 10.1 Å². The monoisotopic (exact) mass is 177 g/mol. The van der Waals surface area contributed by atoms with Crippen LogP contribution in [0, 0.1) is 11.3 Å². The topological polar surface area (TPSA) is 62.7 Å². The van der Waals surface area contributed by atoms with E-state index in [1.54, 1.807) is 0 Å². The standard InChI is InChI=1S/C9H11N3O/c10-6-2-5-8-11-9(12-13-8)7-3-1-4-7/h7H,1-5H2. The van der Waals surface area contributed by atoms with Gasteiger partial charge in [-0.1, -0.05) is 11.6 Å². The van der Waals surface area contributed by atoms with Crippen molar-refractivity contribution < 1.29 is 4.52 Å². The van der Waals surface area contributed by atoms with Crippen LogP contribution in [0.15, 0.2) is 4.52 Å². The van der Waals surface area contributed by atoms with Gasteiger partial charge < -0.3 is 4.52 Å². The summed E-state index contributed by atoms with van der Waals surface area (Å²) in [6.07, 6.45) is 4.66. The number of rotatable bonds is 3. The van der Waals surface area contributed by atoms with E-state index in [9.17, 15) is 0 Å². The normalized spacial score (nSPS) is 16.5. The van der Waals surface area contributed by atoms with Crippen LogP contribution in [0.5, 0.6) is 0 Å². The summed E-state index contributed by atoms with van der Waals surface area (Å²) >= 11 is 0. The summed E-state index contributed by atoms with van der Waals surface area (Å²) in [5.74, 6) is 1.95. The number of aryl methyl sites for hydroxylation is 1. The Kier molecular flexibility index (Phi) is 2.26. The Morgan fingerprint density at radius 3 is 3.00 bits per heavy atom. The van der Waals surface area contributed by atoms with Crippen LogP contribution in [0.4, 0.5) is 0 Å². The third-order valence-electron chi connectivity index (χ3n) is 2.40. The second-order valence-corrected chi connectivity index (χ2v) is 3.33. The summed E-state index contributed by atoms with van der Waals surface area (Å²) in [6.45, 7) is 0. The lowest BCUT2D eigenvalue weighted by atomic mass is 9.85. The van der Waals surface area contributed by atoms with Crippen molar-refractivity contribution in [3.05, 3.63) is 11.7 Å². The van der Waals surface area contributed by atoms with Crippen molar-refractivity contribution in [2.45, 2.75) is 38.0 Å². The molecular weight excluding hydrogens is 166 g/mol. The molecule has 4 heteroatoms. The van der Waals surface area contributed by atoms with E-state index in [0.717, 1.165) is 5.82 Å². The molecule has 13 heavy (non-hydrogen) atoms. The van der Waals surface area contributed by atoms with Crippen LogP contribution in [-0.2, 0) is 6.42 Å². The molecule has 0 atom stereocenters. The smallest absolute Gasteiger partial charge is 0.227 e. The molecule has 1 fully saturated rings. The van der Waals surface area contributed by atoms with E-state index in [1.807, 2.05) is 0 Å². The first-order valence-electron chi connectivity index (χ1n) is 4.59. The average Bonchev–Trinajstić information content (AvgIpc) is 2.46. The zero-order chi connectivity index (χ0) is 9.10. The number of nitriles is 1. The highest BCUT2D eigenvalue weighted by Gasteiger charge is 2.24. The van der Waals surface area contributed by atoms with E-state index in [0.29, 0.717) is 24.7 Å². The van der Waals surface area contributed by atoms with Crippen molar-refractivity contribution in [3.63, 3.8) is 0 Å². The maximum Gasteiger partial charge on any atom is 0.227 e. The van der Waals surface area contributed by atoms with E-state index in [-0.39, 0.29) is 0 Å². The molecule has 1 aliphatic rings. The van der Waals surface area contributed by atoms with Crippen molar-refractivity contribution in [2.75, 3.05) is 0 Å². The second-order valence-electron chi connectivity index (χ2n) is 3.33. The fraction of sp³-hybridized carbons (Fsp3) is 0.667. The van der Waals surface area contributed by atoms with E-state index >= 15 is 0 Å². The molecule has 2 rings (SSSR count). The Bertz CT molecular complexity index is 322. The van der Waals surface area contributed by atoms with Crippen LogP contribution < -0.4 is 0 Å². The van der Waals surface area contributed by atoms with Gasteiger partial charge in [0.05, 0.1) is 6.07 Å². The van der Waals surface area contributed by atoms with E-state index in [1.165, 1.54) is 19.3 Å². The minimum absolute atomic E-state index is 0.451. The third kappa shape index (κ3) is 1.69. The summed E-state index contributed by atoms with van der Waals surface area (Å²) in [7, 11) is 0. The van der Waals surface area contributed by atoms with E-state index < -0.39 is 0 Å². The van der Waals surface area contributed by atoms with Gasteiger partial charge in [0.2, 0.25) is 5.89 Å². The van der Waals surface area contributed by atoms with E-state index in [4.69, 9.17) is 9.78 Å². The van der Waals surface area contributed by atoms with Gasteiger partial charge in [-0.25, -0.2) is 0 Å². The molecule has 0 N–H and O–H groups in total. The molecule has 0 aliphatic heterocycles. The molecular formula is C9H11N3O. The van der Waals surface area contributed by atoms with Gasteiger partial charge >= 0.3 is 0 Å². The fourth-order valence-corrected chi connectivity index (χ4v) is 1.36. The number of aromatic nitrogens is 2. The summed E-state index contributed by atoms with van der Waals surface area (Å²) in [5, 5.41) is 12.3. The number of nitrogens with zero attached hydrogens (tertiary/aromatic N) is 3. The van der Waals surface area contributed by atoms with Crippen LogP contribution in [0.25, 0.3) is 0 Å². The Morgan fingerprint density at radius 2 is 2.38 bits per heavy atom. The fourth-order valence-electron chi connectivity index (χ4n) is 1.36. The predicted molar refractivity (Wildman–Crippen MR) is 44.8 cm³/mol. The average molecular weight is 177 g/mol. The lowest BCUT2D eigenvalue weighted by Crippen LogP contribution is -2.10. The quantitative estimate of drug-likeness (QED) is 0.706. The molecule has 1 aliphatic carbocycles. The second kappa shape index (κ2) is 3.56. The van der Waals surface area contributed by atoms with Crippen LogP contribution in [0.2, 0.25) is 0 Å². The number of hydrogen-bond donors (Lipinski definition) is 0. The molecule has 0 spiro atoms. The minimum atomic E-state index is 0.451. The Hall–Kier alpha value is -1.37. The van der Waals surface area contributed by atoms with Crippen molar-refractivity contribution in [1.29, 1.82) is 5.26 Å². The van der Waals surface area contributed by atoms with Crippen molar-refractivity contribution in [2.24, 2.45) is 0 Å². The van der Waals surface area contributed by atoms with E-state index in [2.05, 4.69) is 16.2 Å². The van der Waals surface area contributed by atoms with Gasteiger partial charge in [0.1, 0.15) is 0 Å². The molecule has 0 bridgehead atoms. The number of hydrogen-bond acceptors (Lipinski definition) is 4. The molecule has 1 aromatic heterocycles. The van der Waals surface area contributed by atoms with Crippen molar-refractivity contribution in [3.8, 4) is 6.07 Å². The van der Waals surface area contributed by atoms with Crippen LogP contribution in [0.1, 0.15) is 43.3 Å². The first kappa shape index (κ1) is 8.24. The van der Waals surface area contributed by atoms with Crippen molar-refractivity contribution >= 4 is 0 Å². The first-order chi connectivity index (χ1) is 6.40. The van der Waals surface area contributed by atoms with Gasteiger partial charge in [-0.3, -0.25) is 0 Å². The molecule has 4 nitrogen and oxygen atoms in total. The minimum Gasteiger partial charge on any atom is -0.339 e. The van der Waals surface area contributed by atoms with Gasteiger partial charge in [0.25, 0.3) is 0 Å². The van der Waals surface area contributed by atoms with Gasteiger partial charge in [-0.05, 0) is 12.8 Å². The third-order valence-corrected chi connectivity index (χ3v) is 2.40. The van der Waals surface area contributed by atoms with Crippen LogP contribution >= 0.6 is 0 Å². The zero-order valence-electron chi connectivity index (χ0n) is 7.36. The van der Waals surface area contributed by atoms with Crippen LogP contribution in [0.3, 0.4) is 0 Å². The lowest BCUT2D eigenvalue weighted by Gasteiger charge is -2.20. The first-order valence-corrected chi connectivity index (χ1v) is 4.59. The molecule has 0 radical (unpaired) electrons. The highest BCUT2D eigenvalue weighted by molar-refractivity contribution is 5.00. The maximum absolute atomic E-state index is 8.36. The summed E-state index contributed by atoms with van der Waals surface area (Å²) in [5.41, 5.74) is 0. The van der Waals surface area contributed by atoms with Crippen molar-refractivity contribution in [1.82, 2.24) is 10.1 Å². The maximum atomic E-state index is 8.36. The van der Waals surface area contributed by atoms with Gasteiger partial charge in [-0.2, -0.15) is 10.2 Å². The summed E-state index contributed by atoms with van der Waals surface area (Å²) < 4.78 is 5.01. The largest absolute Gasteiger partial charge is 0.339 e. The molecule has 68 valence electrons. The van der Waals surface area contributed by atoms with Gasteiger partial charge in [0.15, 0.2) is 5.82 Å². The summed E-state index contributed by atoms with van der Waals surface area (Å²) in [6, 6.07) is 2.05.